The summed E-state index contributed by atoms with van der Waals surface area (Å²) in [5, 5.41) is 0. The largest absolute Gasteiger partial charge is 0.296 e. The second-order valence-electron chi connectivity index (χ2n) is 3.78. The molecule has 1 aromatic heterocycles. The molecule has 1 atom stereocenters. The molecule has 70 valence electrons. The summed E-state index contributed by atoms with van der Waals surface area (Å²) in [6, 6.07) is 1.65. The van der Waals surface area contributed by atoms with Crippen molar-refractivity contribution < 1.29 is 0 Å². The van der Waals surface area contributed by atoms with Crippen LogP contribution in [0.5, 0.6) is 0 Å². The summed E-state index contributed by atoms with van der Waals surface area (Å²) in [7, 11) is 0. The normalized spacial score (nSPS) is 20.3. The summed E-state index contributed by atoms with van der Waals surface area (Å²) in [6.07, 6.45) is 1.79. The first-order chi connectivity index (χ1) is 6.20. The van der Waals surface area contributed by atoms with Gasteiger partial charge in [0.2, 0.25) is 0 Å². The first kappa shape index (κ1) is 8.48. The average Bonchev–Trinajstić information content (AvgIpc) is 2.46. The highest BCUT2D eigenvalue weighted by Gasteiger charge is 2.19. The Morgan fingerprint density at radius 1 is 1.69 bits per heavy atom. The number of fused-ring (bicyclic) bond motifs is 1. The lowest BCUT2D eigenvalue weighted by molar-refractivity contribution is 0.556. The minimum absolute atomic E-state index is 0.117. The summed E-state index contributed by atoms with van der Waals surface area (Å²) in [5.41, 5.74) is 1.04. The molecular formula is C10H14N2O. The summed E-state index contributed by atoms with van der Waals surface area (Å²) in [5.74, 6) is 1.53. The van der Waals surface area contributed by atoms with Crippen LogP contribution in [0.2, 0.25) is 0 Å². The van der Waals surface area contributed by atoms with E-state index in [0.717, 1.165) is 30.9 Å². The van der Waals surface area contributed by atoms with Crippen molar-refractivity contribution in [1.29, 1.82) is 0 Å². The first-order valence-electron chi connectivity index (χ1n) is 4.80. The second kappa shape index (κ2) is 2.98. The molecule has 0 aliphatic carbocycles. The number of hydrogen-bond acceptors (Lipinski definition) is 2. The van der Waals surface area contributed by atoms with Crippen LogP contribution in [0.3, 0.4) is 0 Å². The summed E-state index contributed by atoms with van der Waals surface area (Å²) in [6.45, 7) is 5.02. The highest BCUT2D eigenvalue weighted by Crippen LogP contribution is 2.15. The van der Waals surface area contributed by atoms with Crippen LogP contribution in [0.1, 0.15) is 25.4 Å². The Morgan fingerprint density at radius 3 is 3.15 bits per heavy atom. The van der Waals surface area contributed by atoms with Crippen molar-refractivity contribution in [1.82, 2.24) is 9.55 Å². The van der Waals surface area contributed by atoms with Gasteiger partial charge in [-0.25, -0.2) is 4.98 Å². The van der Waals surface area contributed by atoms with Gasteiger partial charge in [0.1, 0.15) is 5.82 Å². The van der Waals surface area contributed by atoms with Crippen molar-refractivity contribution in [3.8, 4) is 0 Å². The molecule has 0 radical (unpaired) electrons. The van der Waals surface area contributed by atoms with Gasteiger partial charge in [-0.05, 0) is 12.3 Å². The van der Waals surface area contributed by atoms with Crippen LogP contribution in [0.15, 0.2) is 10.9 Å². The molecule has 0 amide bonds. The number of hydrogen-bond donors (Lipinski definition) is 0. The smallest absolute Gasteiger partial charge is 0.253 e. The maximum atomic E-state index is 11.6. The van der Waals surface area contributed by atoms with E-state index in [1.54, 1.807) is 10.6 Å². The minimum Gasteiger partial charge on any atom is -0.296 e. The van der Waals surface area contributed by atoms with Crippen molar-refractivity contribution in [3.05, 3.63) is 27.9 Å². The van der Waals surface area contributed by atoms with E-state index in [9.17, 15) is 4.79 Å². The molecule has 0 fully saturated rings. The molecule has 1 aliphatic heterocycles. The van der Waals surface area contributed by atoms with E-state index in [1.165, 1.54) is 0 Å². The Kier molecular flexibility index (Phi) is 1.94. The Balaban J connectivity index is 2.53. The van der Waals surface area contributed by atoms with Crippen molar-refractivity contribution in [2.45, 2.75) is 33.2 Å². The molecular weight excluding hydrogens is 164 g/mol. The SMILES string of the molecule is CCc1cc(=O)n2c(n1)C[C@@H](C)C2. The Bertz CT molecular complexity index is 381. The van der Waals surface area contributed by atoms with Crippen molar-refractivity contribution in [3.63, 3.8) is 0 Å². The zero-order chi connectivity index (χ0) is 9.42. The van der Waals surface area contributed by atoms with E-state index in [1.807, 2.05) is 6.92 Å². The Morgan fingerprint density at radius 2 is 2.46 bits per heavy atom. The van der Waals surface area contributed by atoms with Crippen LogP contribution in [-0.2, 0) is 19.4 Å². The van der Waals surface area contributed by atoms with Gasteiger partial charge in [-0.3, -0.25) is 9.36 Å². The fourth-order valence-corrected chi connectivity index (χ4v) is 1.83. The lowest BCUT2D eigenvalue weighted by atomic mass is 10.1. The maximum Gasteiger partial charge on any atom is 0.253 e. The van der Waals surface area contributed by atoms with Crippen molar-refractivity contribution in [2.24, 2.45) is 5.92 Å². The van der Waals surface area contributed by atoms with Gasteiger partial charge < -0.3 is 0 Å². The molecule has 13 heavy (non-hydrogen) atoms. The second-order valence-corrected chi connectivity index (χ2v) is 3.78. The van der Waals surface area contributed by atoms with Gasteiger partial charge in [0.05, 0.1) is 0 Å². The fourth-order valence-electron chi connectivity index (χ4n) is 1.83. The van der Waals surface area contributed by atoms with Crippen molar-refractivity contribution in [2.75, 3.05) is 0 Å². The third kappa shape index (κ3) is 1.39. The monoisotopic (exact) mass is 178 g/mol. The number of rotatable bonds is 1. The van der Waals surface area contributed by atoms with E-state index >= 15 is 0 Å². The lowest BCUT2D eigenvalue weighted by Gasteiger charge is -2.02. The molecule has 0 N–H and O–H groups in total. The summed E-state index contributed by atoms with van der Waals surface area (Å²) >= 11 is 0. The molecule has 0 saturated carbocycles. The standard InChI is InChI=1S/C10H14N2O/c1-3-8-5-10(13)12-6-7(2)4-9(12)11-8/h5,7H,3-4,6H2,1-2H3/t7-/m1/s1. The third-order valence-electron chi connectivity index (χ3n) is 2.53. The van der Waals surface area contributed by atoms with Gasteiger partial charge in [-0.2, -0.15) is 0 Å². The first-order valence-corrected chi connectivity index (χ1v) is 4.80. The molecule has 2 rings (SSSR count). The van der Waals surface area contributed by atoms with Crippen LogP contribution in [0, 0.1) is 5.92 Å². The van der Waals surface area contributed by atoms with Gasteiger partial charge in [-0.15, -0.1) is 0 Å². The summed E-state index contributed by atoms with van der Waals surface area (Å²) < 4.78 is 1.80. The molecule has 1 aliphatic rings. The van der Waals surface area contributed by atoms with Crippen LogP contribution in [-0.4, -0.2) is 9.55 Å². The highest BCUT2D eigenvalue weighted by molar-refractivity contribution is 5.07. The molecule has 3 nitrogen and oxygen atoms in total. The van der Waals surface area contributed by atoms with Crippen LogP contribution < -0.4 is 5.56 Å². The quantitative estimate of drug-likeness (QED) is 0.643. The predicted molar refractivity (Wildman–Crippen MR) is 50.7 cm³/mol. The molecule has 0 spiro atoms. The van der Waals surface area contributed by atoms with Crippen LogP contribution in [0.4, 0.5) is 0 Å². The van der Waals surface area contributed by atoms with E-state index in [0.29, 0.717) is 5.92 Å². The number of aryl methyl sites for hydroxylation is 1. The van der Waals surface area contributed by atoms with Crippen LogP contribution in [0.25, 0.3) is 0 Å². The number of aromatic nitrogens is 2. The van der Waals surface area contributed by atoms with Crippen LogP contribution >= 0.6 is 0 Å². The van der Waals surface area contributed by atoms with Gasteiger partial charge in [0.15, 0.2) is 0 Å². The summed E-state index contributed by atoms with van der Waals surface area (Å²) in [4.78, 5) is 16.0. The van der Waals surface area contributed by atoms with Gasteiger partial charge >= 0.3 is 0 Å². The van der Waals surface area contributed by atoms with E-state index < -0.39 is 0 Å². The lowest BCUT2D eigenvalue weighted by Crippen LogP contribution is -2.21. The third-order valence-corrected chi connectivity index (χ3v) is 2.53. The molecule has 1 aromatic rings. The van der Waals surface area contributed by atoms with Gasteiger partial charge in [0.25, 0.3) is 5.56 Å². The van der Waals surface area contributed by atoms with Gasteiger partial charge in [0, 0.05) is 24.7 Å². The van der Waals surface area contributed by atoms with E-state index in [4.69, 9.17) is 0 Å². The highest BCUT2D eigenvalue weighted by atomic mass is 16.1. The molecule has 2 heterocycles. The maximum absolute atomic E-state index is 11.6. The van der Waals surface area contributed by atoms with E-state index in [-0.39, 0.29) is 5.56 Å². The van der Waals surface area contributed by atoms with Crippen molar-refractivity contribution >= 4 is 0 Å². The zero-order valence-corrected chi connectivity index (χ0v) is 8.08. The molecule has 0 aromatic carbocycles. The minimum atomic E-state index is 0.117. The zero-order valence-electron chi connectivity index (χ0n) is 8.08. The fraction of sp³-hybridized carbons (Fsp3) is 0.600. The van der Waals surface area contributed by atoms with Gasteiger partial charge in [-0.1, -0.05) is 13.8 Å². The number of nitrogens with zero attached hydrogens (tertiary/aromatic N) is 2. The molecule has 0 saturated heterocycles. The topological polar surface area (TPSA) is 34.9 Å². The van der Waals surface area contributed by atoms with E-state index in [2.05, 4.69) is 11.9 Å². The molecule has 0 bridgehead atoms. The Labute approximate surface area is 77.4 Å². The average molecular weight is 178 g/mol. The molecule has 0 unspecified atom stereocenters. The molecule has 3 heteroatoms. The predicted octanol–water partition coefficient (Wildman–Crippen LogP) is 0.998. The Hall–Kier alpha value is -1.12.